The van der Waals surface area contributed by atoms with Crippen LogP contribution in [0.1, 0.15) is 16.7 Å². The molecule has 0 aliphatic heterocycles. The van der Waals surface area contributed by atoms with Crippen LogP contribution in [-0.4, -0.2) is 11.6 Å². The lowest BCUT2D eigenvalue weighted by Crippen LogP contribution is -2.20. The third-order valence-corrected chi connectivity index (χ3v) is 4.01. The Balaban J connectivity index is 1.72. The minimum Gasteiger partial charge on any atom is -0.273 e. The normalized spacial score (nSPS) is 10.9. The highest BCUT2D eigenvalue weighted by Crippen LogP contribution is 2.05. The number of nitrogens with one attached hydrogen (secondary N) is 1. The van der Waals surface area contributed by atoms with E-state index in [-0.39, 0.29) is 5.91 Å². The topological polar surface area (TPSA) is 41.5 Å². The van der Waals surface area contributed by atoms with Crippen LogP contribution in [-0.2, 0) is 11.2 Å². The molecule has 0 saturated carbocycles. The lowest BCUT2D eigenvalue weighted by atomic mass is 10.1. The van der Waals surface area contributed by atoms with Gasteiger partial charge in [-0.2, -0.15) is 5.10 Å². The number of rotatable bonds is 7. The number of hydrazone groups is 1. The van der Waals surface area contributed by atoms with Crippen molar-refractivity contribution in [3.8, 4) is 0 Å². The maximum Gasteiger partial charge on any atom is 0.244 e. The van der Waals surface area contributed by atoms with E-state index in [1.54, 1.807) is 0 Å². The number of nitrogens with zero attached hydrogens (tertiary/aromatic N) is 1. The Hall–Kier alpha value is -3.72. The molecule has 1 N–H and O–H groups in total. The molecule has 28 heavy (non-hydrogen) atoms. The molecule has 3 aromatic carbocycles. The summed E-state index contributed by atoms with van der Waals surface area (Å²) in [7, 11) is 0. The van der Waals surface area contributed by atoms with Crippen LogP contribution in [0.15, 0.2) is 108 Å². The van der Waals surface area contributed by atoms with Crippen molar-refractivity contribution >= 4 is 23.8 Å². The largest absolute Gasteiger partial charge is 0.273 e. The van der Waals surface area contributed by atoms with Crippen molar-refractivity contribution in [2.75, 3.05) is 0 Å². The van der Waals surface area contributed by atoms with E-state index in [4.69, 9.17) is 0 Å². The van der Waals surface area contributed by atoms with E-state index in [0.717, 1.165) is 16.7 Å². The predicted molar refractivity (Wildman–Crippen MR) is 117 cm³/mol. The molecular weight excluding hydrogens is 344 g/mol. The fourth-order valence-corrected chi connectivity index (χ4v) is 2.57. The molecule has 0 aliphatic rings. The van der Waals surface area contributed by atoms with Gasteiger partial charge in [0.1, 0.15) is 0 Å². The Morgan fingerprint density at radius 1 is 0.714 bits per heavy atom. The van der Waals surface area contributed by atoms with Gasteiger partial charge in [-0.1, -0.05) is 103 Å². The van der Waals surface area contributed by atoms with Gasteiger partial charge in [-0.25, -0.2) is 5.43 Å². The van der Waals surface area contributed by atoms with E-state index in [2.05, 4.69) is 10.5 Å². The van der Waals surface area contributed by atoms with Crippen LogP contribution in [0.4, 0.5) is 0 Å². The van der Waals surface area contributed by atoms with Crippen LogP contribution >= 0.6 is 0 Å². The third-order valence-electron chi connectivity index (χ3n) is 4.01. The van der Waals surface area contributed by atoms with Gasteiger partial charge in [0.15, 0.2) is 0 Å². The Bertz CT molecular complexity index is 908. The number of amides is 1. The second-order valence-electron chi connectivity index (χ2n) is 6.22. The lowest BCUT2D eigenvalue weighted by molar-refractivity contribution is -0.120. The minimum absolute atomic E-state index is 0.148. The van der Waals surface area contributed by atoms with E-state index in [9.17, 15) is 4.79 Å². The zero-order valence-electron chi connectivity index (χ0n) is 15.5. The maximum absolute atomic E-state index is 12.2. The first-order valence-electron chi connectivity index (χ1n) is 9.16. The molecule has 0 atom stereocenters. The Labute approximate surface area is 165 Å². The number of carbonyl (C=O) groups is 1. The molecule has 3 nitrogen and oxygen atoms in total. The molecule has 3 heteroatoms. The molecule has 0 radical (unpaired) electrons. The van der Waals surface area contributed by atoms with Gasteiger partial charge < -0.3 is 0 Å². The zero-order chi connectivity index (χ0) is 19.4. The molecule has 0 aromatic heterocycles. The van der Waals surface area contributed by atoms with Gasteiger partial charge in [-0.05, 0) is 28.8 Å². The summed E-state index contributed by atoms with van der Waals surface area (Å²) >= 11 is 0. The van der Waals surface area contributed by atoms with Crippen LogP contribution in [0, 0.1) is 0 Å². The molecule has 3 rings (SSSR count). The van der Waals surface area contributed by atoms with E-state index in [1.807, 2.05) is 115 Å². The van der Waals surface area contributed by atoms with Crippen molar-refractivity contribution in [1.29, 1.82) is 0 Å². The second-order valence-corrected chi connectivity index (χ2v) is 6.22. The quantitative estimate of drug-likeness (QED) is 0.457. The van der Waals surface area contributed by atoms with Crippen molar-refractivity contribution in [3.63, 3.8) is 0 Å². The third kappa shape index (κ3) is 6.54. The molecule has 3 aromatic rings. The Morgan fingerprint density at radius 3 is 1.68 bits per heavy atom. The highest BCUT2D eigenvalue weighted by Gasteiger charge is 2.01. The van der Waals surface area contributed by atoms with Gasteiger partial charge in [0.25, 0.3) is 0 Å². The molecule has 0 aliphatic carbocycles. The van der Waals surface area contributed by atoms with Crippen molar-refractivity contribution in [1.82, 2.24) is 5.43 Å². The molecule has 0 bridgehead atoms. The lowest BCUT2D eigenvalue weighted by Gasteiger charge is -2.02. The average molecular weight is 366 g/mol. The number of hydrogen-bond acceptors (Lipinski definition) is 2. The van der Waals surface area contributed by atoms with Gasteiger partial charge in [0.2, 0.25) is 5.91 Å². The summed E-state index contributed by atoms with van der Waals surface area (Å²) in [6.07, 6.45) is 8.01. The summed E-state index contributed by atoms with van der Waals surface area (Å²) in [6, 6.07) is 29.6. The molecule has 0 heterocycles. The first-order valence-corrected chi connectivity index (χ1v) is 9.16. The summed E-state index contributed by atoms with van der Waals surface area (Å²) in [5, 5.41) is 4.29. The van der Waals surface area contributed by atoms with Crippen molar-refractivity contribution in [2.45, 2.75) is 6.42 Å². The van der Waals surface area contributed by atoms with Crippen LogP contribution in [0.3, 0.4) is 0 Å². The fourth-order valence-electron chi connectivity index (χ4n) is 2.57. The van der Waals surface area contributed by atoms with Crippen molar-refractivity contribution in [3.05, 3.63) is 120 Å². The number of allylic oxidation sites excluding steroid dienone is 2. The highest BCUT2D eigenvalue weighted by atomic mass is 16.2. The first kappa shape index (κ1) is 19.1. The van der Waals surface area contributed by atoms with Crippen LogP contribution in [0.25, 0.3) is 12.2 Å². The highest BCUT2D eigenvalue weighted by molar-refractivity contribution is 6.08. The van der Waals surface area contributed by atoms with Gasteiger partial charge >= 0.3 is 0 Å². The molecular formula is C25H22N2O. The van der Waals surface area contributed by atoms with E-state index in [1.165, 1.54) is 0 Å². The zero-order valence-corrected chi connectivity index (χ0v) is 15.5. The molecule has 0 fully saturated rings. The molecule has 0 saturated heterocycles. The van der Waals surface area contributed by atoms with Crippen molar-refractivity contribution < 1.29 is 4.79 Å². The maximum atomic E-state index is 12.2. The Kier molecular flexibility index (Phi) is 7.10. The monoisotopic (exact) mass is 366 g/mol. The van der Waals surface area contributed by atoms with Crippen LogP contribution < -0.4 is 5.43 Å². The van der Waals surface area contributed by atoms with Crippen LogP contribution in [0.5, 0.6) is 0 Å². The summed E-state index contributed by atoms with van der Waals surface area (Å²) < 4.78 is 0. The summed E-state index contributed by atoms with van der Waals surface area (Å²) in [5.74, 6) is -0.148. The minimum atomic E-state index is -0.148. The molecule has 0 unspecified atom stereocenters. The van der Waals surface area contributed by atoms with Crippen LogP contribution in [0.2, 0.25) is 0 Å². The van der Waals surface area contributed by atoms with Gasteiger partial charge in [0, 0.05) is 0 Å². The Morgan fingerprint density at radius 2 is 1.18 bits per heavy atom. The van der Waals surface area contributed by atoms with Gasteiger partial charge in [0.05, 0.1) is 12.1 Å². The van der Waals surface area contributed by atoms with Gasteiger partial charge in [-0.3, -0.25) is 4.79 Å². The predicted octanol–water partition coefficient (Wildman–Crippen LogP) is 5.13. The number of benzene rings is 3. The molecule has 138 valence electrons. The van der Waals surface area contributed by atoms with E-state index >= 15 is 0 Å². The number of carbonyl (C=O) groups excluding carboxylic acids is 1. The standard InChI is InChI=1S/C25H22N2O/c28-25(20-23-14-8-3-9-15-23)27-26-24(18-16-21-10-4-1-5-11-21)19-17-22-12-6-2-7-13-22/h1-19H,20H2,(H,27,28)/b18-16+,19-17+. The summed E-state index contributed by atoms with van der Waals surface area (Å²) in [6.45, 7) is 0. The van der Waals surface area contributed by atoms with E-state index < -0.39 is 0 Å². The molecule has 0 spiro atoms. The average Bonchev–Trinajstić information content (AvgIpc) is 2.75. The van der Waals surface area contributed by atoms with E-state index in [0.29, 0.717) is 12.1 Å². The number of hydrogen-bond donors (Lipinski definition) is 1. The fraction of sp³-hybridized carbons (Fsp3) is 0.0400. The SMILES string of the molecule is O=C(Cc1ccccc1)NN=C(/C=C/c1ccccc1)/C=C/c1ccccc1. The van der Waals surface area contributed by atoms with Crippen molar-refractivity contribution in [2.24, 2.45) is 5.10 Å². The molecule has 1 amide bonds. The summed E-state index contributed by atoms with van der Waals surface area (Å²) in [5.41, 5.74) is 6.40. The van der Waals surface area contributed by atoms with Gasteiger partial charge in [-0.15, -0.1) is 0 Å². The summed E-state index contributed by atoms with van der Waals surface area (Å²) in [4.78, 5) is 12.2. The smallest absolute Gasteiger partial charge is 0.244 e. The second kappa shape index (κ2) is 10.4. The first-order chi connectivity index (χ1) is 13.8.